The highest BCUT2D eigenvalue weighted by molar-refractivity contribution is 5.73. The lowest BCUT2D eigenvalue weighted by molar-refractivity contribution is -0.890. The fourth-order valence-electron chi connectivity index (χ4n) is 8.05. The Kier molecular flexibility index (Phi) is 27.0. The molecule has 0 bridgehead atoms. The molecule has 318 valence electrons. The van der Waals surface area contributed by atoms with Crippen LogP contribution < -0.4 is 9.47 Å². The van der Waals surface area contributed by atoms with Crippen molar-refractivity contribution >= 4 is 0 Å². The summed E-state index contributed by atoms with van der Waals surface area (Å²) in [5, 5.41) is 0. The molecule has 0 radical (unpaired) electrons. The first-order valence-corrected chi connectivity index (χ1v) is 23.5. The third-order valence-corrected chi connectivity index (χ3v) is 11.7. The minimum Gasteiger partial charge on any atom is -0.493 e. The van der Waals surface area contributed by atoms with E-state index in [9.17, 15) is 0 Å². The van der Waals surface area contributed by atoms with Crippen molar-refractivity contribution < 1.29 is 18.4 Å². The summed E-state index contributed by atoms with van der Waals surface area (Å²) < 4.78 is 15.1. The smallest absolute Gasteiger partial charge is 0.127 e. The summed E-state index contributed by atoms with van der Waals surface area (Å²) in [6.45, 7) is 18.9. The van der Waals surface area contributed by atoms with Crippen LogP contribution >= 0.6 is 0 Å². The SMILES string of the molecule is C=CCc1ccc(OCCC[N+](C)(C)CCCCCCCCCCCC)c(-c2ccc(OCCC[N+](C)(C)CCCCCCCCCCCC)c(CC=C)c2)c1. The summed E-state index contributed by atoms with van der Waals surface area (Å²) in [5.41, 5.74) is 4.75. The van der Waals surface area contributed by atoms with Crippen molar-refractivity contribution in [2.45, 2.75) is 168 Å². The Labute approximate surface area is 348 Å². The van der Waals surface area contributed by atoms with Crippen LogP contribution in [0.5, 0.6) is 11.5 Å². The Balaban J connectivity index is 1.85. The highest BCUT2D eigenvalue weighted by Gasteiger charge is 2.17. The van der Waals surface area contributed by atoms with Crippen LogP contribution in [-0.4, -0.2) is 76.5 Å². The summed E-state index contributed by atoms with van der Waals surface area (Å²) in [5.74, 6) is 1.93. The van der Waals surface area contributed by atoms with Gasteiger partial charge in [0.15, 0.2) is 0 Å². The van der Waals surface area contributed by atoms with Crippen molar-refractivity contribution in [1.82, 2.24) is 0 Å². The molecule has 0 spiro atoms. The summed E-state index contributed by atoms with van der Waals surface area (Å²) in [6.07, 6.45) is 35.5. The van der Waals surface area contributed by atoms with Gasteiger partial charge in [-0.3, -0.25) is 0 Å². The van der Waals surface area contributed by atoms with Crippen LogP contribution in [0.2, 0.25) is 0 Å². The van der Waals surface area contributed by atoms with Crippen LogP contribution in [-0.2, 0) is 12.8 Å². The number of hydrogen-bond donors (Lipinski definition) is 0. The van der Waals surface area contributed by atoms with E-state index in [4.69, 9.17) is 9.47 Å². The quantitative estimate of drug-likeness (QED) is 0.0387. The van der Waals surface area contributed by atoms with Gasteiger partial charge in [-0.15, -0.1) is 13.2 Å². The predicted octanol–water partition coefficient (Wildman–Crippen LogP) is 14.3. The molecular weight excluding hydrogens is 685 g/mol. The van der Waals surface area contributed by atoms with Crippen LogP contribution in [0.3, 0.4) is 0 Å². The number of allylic oxidation sites excluding steroid dienone is 2. The molecule has 56 heavy (non-hydrogen) atoms. The molecule has 0 aliphatic carbocycles. The lowest BCUT2D eigenvalue weighted by Gasteiger charge is -2.30. The first-order valence-electron chi connectivity index (χ1n) is 23.5. The maximum absolute atomic E-state index is 6.55. The normalized spacial score (nSPS) is 11.9. The van der Waals surface area contributed by atoms with Crippen LogP contribution in [0.25, 0.3) is 11.1 Å². The number of benzene rings is 2. The number of quaternary nitrogens is 2. The van der Waals surface area contributed by atoms with E-state index in [1.54, 1.807) is 0 Å². The molecular formula is C52H90N2O2+2. The minimum absolute atomic E-state index is 0.724. The molecule has 0 aromatic heterocycles. The molecule has 0 unspecified atom stereocenters. The number of rotatable bonds is 37. The van der Waals surface area contributed by atoms with E-state index in [0.717, 1.165) is 78.0 Å². The van der Waals surface area contributed by atoms with Crippen molar-refractivity contribution in [2.75, 3.05) is 67.6 Å². The van der Waals surface area contributed by atoms with Crippen molar-refractivity contribution in [1.29, 1.82) is 0 Å². The molecule has 0 atom stereocenters. The lowest BCUT2D eigenvalue weighted by Crippen LogP contribution is -2.41. The van der Waals surface area contributed by atoms with Gasteiger partial charge in [0.2, 0.25) is 0 Å². The van der Waals surface area contributed by atoms with E-state index in [1.165, 1.54) is 158 Å². The standard InChI is InChI=1S/C52H90N2O2/c1-9-13-15-17-19-21-23-25-27-29-39-53(5,6)41-31-43-55-51-38-36-48(46-49(51)34-12-4)50-45-47(33-11-3)35-37-52(50)56-44-32-42-54(7,8)40-30-28-26-24-22-20-18-16-14-10-2/h11-12,35-38,45-46H,3-4,9-10,13-34,39-44H2,1-2,5-8H3/q+2. The van der Waals surface area contributed by atoms with Gasteiger partial charge in [0.05, 0.1) is 67.6 Å². The molecule has 0 aliphatic heterocycles. The predicted molar refractivity (Wildman–Crippen MR) is 247 cm³/mol. The third kappa shape index (κ3) is 23.0. The highest BCUT2D eigenvalue weighted by atomic mass is 16.5. The minimum atomic E-state index is 0.724. The molecule has 0 N–H and O–H groups in total. The molecule has 2 aromatic carbocycles. The van der Waals surface area contributed by atoms with Crippen molar-refractivity contribution in [3.05, 3.63) is 72.8 Å². The topological polar surface area (TPSA) is 18.5 Å². The summed E-state index contributed by atoms with van der Waals surface area (Å²) in [7, 11) is 9.52. The molecule has 0 saturated heterocycles. The molecule has 0 heterocycles. The Morgan fingerprint density at radius 1 is 0.464 bits per heavy atom. The van der Waals surface area contributed by atoms with Gasteiger partial charge in [-0.2, -0.15) is 0 Å². The largest absolute Gasteiger partial charge is 0.493 e. The van der Waals surface area contributed by atoms with E-state index in [0.29, 0.717) is 0 Å². The molecule has 0 saturated carbocycles. The van der Waals surface area contributed by atoms with Gasteiger partial charge in [0.25, 0.3) is 0 Å². The van der Waals surface area contributed by atoms with Gasteiger partial charge >= 0.3 is 0 Å². The zero-order chi connectivity index (χ0) is 40.7. The van der Waals surface area contributed by atoms with Crippen LogP contribution in [0.4, 0.5) is 0 Å². The fourth-order valence-corrected chi connectivity index (χ4v) is 8.05. The second-order valence-electron chi connectivity index (χ2n) is 18.2. The molecule has 0 fully saturated rings. The van der Waals surface area contributed by atoms with Crippen LogP contribution in [0.15, 0.2) is 61.7 Å². The Hall–Kier alpha value is -2.56. The van der Waals surface area contributed by atoms with Crippen molar-refractivity contribution in [3.8, 4) is 22.6 Å². The van der Waals surface area contributed by atoms with Gasteiger partial charge < -0.3 is 18.4 Å². The molecule has 4 heteroatoms. The van der Waals surface area contributed by atoms with E-state index < -0.39 is 0 Å². The van der Waals surface area contributed by atoms with Crippen molar-refractivity contribution in [3.63, 3.8) is 0 Å². The average Bonchev–Trinajstić information content (AvgIpc) is 3.17. The summed E-state index contributed by atoms with van der Waals surface area (Å²) >= 11 is 0. The molecule has 0 aliphatic rings. The number of hydrogen-bond acceptors (Lipinski definition) is 2. The third-order valence-electron chi connectivity index (χ3n) is 11.7. The monoisotopic (exact) mass is 775 g/mol. The number of ether oxygens (including phenoxy) is 2. The second-order valence-corrected chi connectivity index (χ2v) is 18.2. The first-order chi connectivity index (χ1) is 27.1. The first kappa shape index (κ1) is 49.6. The number of nitrogens with zero attached hydrogens (tertiary/aromatic N) is 2. The van der Waals surface area contributed by atoms with Gasteiger partial charge in [-0.1, -0.05) is 141 Å². The van der Waals surface area contributed by atoms with Gasteiger partial charge in [-0.25, -0.2) is 0 Å². The summed E-state index contributed by atoms with van der Waals surface area (Å²) in [4.78, 5) is 0. The average molecular weight is 775 g/mol. The zero-order valence-electron chi connectivity index (χ0n) is 38.0. The van der Waals surface area contributed by atoms with Crippen LogP contribution in [0.1, 0.15) is 166 Å². The second kappa shape index (κ2) is 30.5. The fraction of sp³-hybridized carbons (Fsp3) is 0.692. The maximum Gasteiger partial charge on any atom is 0.127 e. The molecule has 2 aromatic rings. The molecule has 4 nitrogen and oxygen atoms in total. The Bertz CT molecular complexity index is 1300. The number of unbranched alkanes of at least 4 members (excludes halogenated alkanes) is 18. The van der Waals surface area contributed by atoms with Crippen LogP contribution in [0, 0.1) is 0 Å². The van der Waals surface area contributed by atoms with Crippen molar-refractivity contribution in [2.24, 2.45) is 0 Å². The Morgan fingerprint density at radius 3 is 1.34 bits per heavy atom. The van der Waals surface area contributed by atoms with Gasteiger partial charge in [-0.05, 0) is 79.5 Å². The van der Waals surface area contributed by atoms with Gasteiger partial charge in [0.1, 0.15) is 11.5 Å². The molecule has 2 rings (SSSR count). The summed E-state index contributed by atoms with van der Waals surface area (Å²) in [6, 6.07) is 13.3. The van der Waals surface area contributed by atoms with E-state index in [1.807, 2.05) is 12.2 Å². The van der Waals surface area contributed by atoms with Gasteiger partial charge in [0, 0.05) is 18.4 Å². The Morgan fingerprint density at radius 2 is 0.875 bits per heavy atom. The zero-order valence-corrected chi connectivity index (χ0v) is 38.0. The highest BCUT2D eigenvalue weighted by Crippen LogP contribution is 2.35. The maximum atomic E-state index is 6.55. The lowest BCUT2D eigenvalue weighted by atomic mass is 9.97. The van der Waals surface area contributed by atoms with E-state index >= 15 is 0 Å². The molecule has 0 amide bonds. The van der Waals surface area contributed by atoms with E-state index in [2.05, 4.69) is 91.6 Å². The van der Waals surface area contributed by atoms with E-state index in [-0.39, 0.29) is 0 Å².